The summed E-state index contributed by atoms with van der Waals surface area (Å²) in [5.74, 6) is -0.0627. The first kappa shape index (κ1) is 79.8. The Hall–Kier alpha value is -2.18. The van der Waals surface area contributed by atoms with Crippen LogP contribution in [0, 0.1) is 0 Å². The molecule has 482 valence electrons. The summed E-state index contributed by atoms with van der Waals surface area (Å²) < 4.78 is 5.49. The monoisotopic (exact) mass is 1150 g/mol. The zero-order valence-electron chi connectivity index (χ0n) is 55.2. The Labute approximate surface area is 512 Å². The van der Waals surface area contributed by atoms with E-state index in [2.05, 4.69) is 55.6 Å². The van der Waals surface area contributed by atoms with E-state index in [1.54, 1.807) is 6.08 Å². The van der Waals surface area contributed by atoms with E-state index in [4.69, 9.17) is 4.74 Å². The maximum Gasteiger partial charge on any atom is 0.305 e. The number of carbonyl (C=O) groups excluding carboxylic acids is 2. The molecule has 0 aromatic carbocycles. The highest BCUT2D eigenvalue weighted by Crippen LogP contribution is 2.18. The molecule has 0 spiro atoms. The molecule has 0 aromatic rings. The number of allylic oxidation sites excluding steroid dienone is 7. The zero-order valence-corrected chi connectivity index (χ0v) is 55.2. The van der Waals surface area contributed by atoms with Crippen molar-refractivity contribution < 1.29 is 24.5 Å². The molecular weight excluding hydrogens is 1010 g/mol. The van der Waals surface area contributed by atoms with Crippen LogP contribution in [0.1, 0.15) is 399 Å². The lowest BCUT2D eigenvalue weighted by molar-refractivity contribution is -0.143. The van der Waals surface area contributed by atoms with Crippen LogP contribution < -0.4 is 5.32 Å². The van der Waals surface area contributed by atoms with Gasteiger partial charge in [-0.2, -0.15) is 0 Å². The van der Waals surface area contributed by atoms with Gasteiger partial charge in [0, 0.05) is 12.8 Å². The Morgan fingerprint density at radius 2 is 0.610 bits per heavy atom. The summed E-state index contributed by atoms with van der Waals surface area (Å²) in [6.45, 7) is 4.90. The van der Waals surface area contributed by atoms with Gasteiger partial charge in [-0.3, -0.25) is 9.59 Å². The van der Waals surface area contributed by atoms with Crippen molar-refractivity contribution in [3.05, 3.63) is 48.6 Å². The van der Waals surface area contributed by atoms with E-state index in [1.165, 1.54) is 321 Å². The first-order chi connectivity index (χ1) is 40.5. The average Bonchev–Trinajstić information content (AvgIpc) is 3.48. The van der Waals surface area contributed by atoms with Gasteiger partial charge < -0.3 is 20.3 Å². The number of unbranched alkanes of at least 4 members (excludes halogenated alkanes) is 52. The minimum atomic E-state index is -0.846. The molecule has 6 heteroatoms. The molecule has 2 unspecified atom stereocenters. The number of rotatable bonds is 69. The Morgan fingerprint density at radius 3 is 0.963 bits per heavy atom. The van der Waals surface area contributed by atoms with Gasteiger partial charge in [0.25, 0.3) is 0 Å². The molecule has 1 amide bonds. The first-order valence-corrected chi connectivity index (χ1v) is 36.9. The predicted octanol–water partition coefficient (Wildman–Crippen LogP) is 24.0. The minimum Gasteiger partial charge on any atom is -0.466 e. The van der Waals surface area contributed by atoms with Crippen molar-refractivity contribution in [2.75, 3.05) is 13.2 Å². The highest BCUT2D eigenvalue weighted by molar-refractivity contribution is 5.76. The Balaban J connectivity index is 3.41. The normalized spacial score (nSPS) is 12.8. The third-order valence-corrected chi connectivity index (χ3v) is 17.1. The summed E-state index contributed by atoms with van der Waals surface area (Å²) in [4.78, 5) is 24.6. The summed E-state index contributed by atoms with van der Waals surface area (Å²) in [5, 5.41) is 23.3. The molecule has 0 aliphatic carbocycles. The van der Waals surface area contributed by atoms with Crippen molar-refractivity contribution in [2.45, 2.75) is 411 Å². The van der Waals surface area contributed by atoms with Gasteiger partial charge >= 0.3 is 5.97 Å². The highest BCUT2D eigenvalue weighted by Gasteiger charge is 2.18. The van der Waals surface area contributed by atoms with E-state index in [0.717, 1.165) is 51.4 Å². The lowest BCUT2D eigenvalue weighted by atomic mass is 10.0. The van der Waals surface area contributed by atoms with Crippen LogP contribution in [-0.4, -0.2) is 47.4 Å². The number of ether oxygens (including phenoxy) is 1. The van der Waals surface area contributed by atoms with E-state index in [9.17, 15) is 19.8 Å². The third-order valence-electron chi connectivity index (χ3n) is 17.1. The fraction of sp³-hybridized carbons (Fsp3) is 0.868. The van der Waals surface area contributed by atoms with Crippen LogP contribution >= 0.6 is 0 Å². The van der Waals surface area contributed by atoms with Crippen molar-refractivity contribution in [3.8, 4) is 0 Å². The SMILES string of the molecule is CCCCC/C=C\C/C=C\CCCCCCCC(=O)OCCCCCCCCCCCCCC/C=C\CCCCCCCCCCCCCCC(=O)NC(CO)C(O)/C=C/CCCCCCCCCCCCCCCCCCCCCC. The minimum absolute atomic E-state index is 0.00171. The Morgan fingerprint density at radius 1 is 0.341 bits per heavy atom. The van der Waals surface area contributed by atoms with Crippen LogP contribution in [0.5, 0.6) is 0 Å². The predicted molar refractivity (Wildman–Crippen MR) is 361 cm³/mol. The number of aliphatic hydroxyl groups is 2. The molecule has 0 heterocycles. The van der Waals surface area contributed by atoms with Crippen molar-refractivity contribution >= 4 is 11.9 Å². The van der Waals surface area contributed by atoms with Gasteiger partial charge in [-0.15, -0.1) is 0 Å². The van der Waals surface area contributed by atoms with Crippen LogP contribution in [0.15, 0.2) is 48.6 Å². The number of hydrogen-bond donors (Lipinski definition) is 3. The topological polar surface area (TPSA) is 95.9 Å². The molecule has 0 aromatic heterocycles. The molecule has 0 saturated heterocycles. The average molecular weight is 1150 g/mol. The van der Waals surface area contributed by atoms with Gasteiger partial charge in [0.15, 0.2) is 0 Å². The Kier molecular flexibility index (Phi) is 69.4. The number of aliphatic hydroxyl groups excluding tert-OH is 2. The molecule has 82 heavy (non-hydrogen) atoms. The number of amides is 1. The quantitative estimate of drug-likeness (QED) is 0.0320. The second-order valence-electron chi connectivity index (χ2n) is 25.3. The van der Waals surface area contributed by atoms with Gasteiger partial charge in [-0.25, -0.2) is 0 Å². The molecule has 0 aliphatic rings. The van der Waals surface area contributed by atoms with Crippen molar-refractivity contribution in [2.24, 2.45) is 0 Å². The largest absolute Gasteiger partial charge is 0.466 e. The summed E-state index contributed by atoms with van der Waals surface area (Å²) in [7, 11) is 0. The number of nitrogens with one attached hydrogen (secondary N) is 1. The molecule has 2 atom stereocenters. The van der Waals surface area contributed by atoms with Crippen molar-refractivity contribution in [1.82, 2.24) is 5.32 Å². The Bertz CT molecular complexity index is 1370. The zero-order chi connectivity index (χ0) is 59.2. The number of carbonyl (C=O) groups is 2. The maximum absolute atomic E-state index is 12.5. The van der Waals surface area contributed by atoms with Crippen LogP contribution in [0.3, 0.4) is 0 Å². The fourth-order valence-electron chi connectivity index (χ4n) is 11.4. The van der Waals surface area contributed by atoms with Crippen LogP contribution in [0.25, 0.3) is 0 Å². The molecule has 3 N–H and O–H groups in total. The van der Waals surface area contributed by atoms with Crippen molar-refractivity contribution in [3.63, 3.8) is 0 Å². The lowest BCUT2D eigenvalue weighted by Crippen LogP contribution is -2.45. The van der Waals surface area contributed by atoms with Gasteiger partial charge in [0.2, 0.25) is 5.91 Å². The second-order valence-corrected chi connectivity index (χ2v) is 25.3. The fourth-order valence-corrected chi connectivity index (χ4v) is 11.4. The van der Waals surface area contributed by atoms with Gasteiger partial charge in [-0.05, 0) is 89.9 Å². The second kappa shape index (κ2) is 71.3. The summed E-state index contributed by atoms with van der Waals surface area (Å²) in [5.41, 5.74) is 0. The molecule has 0 aliphatic heterocycles. The maximum atomic E-state index is 12.5. The molecule has 0 rings (SSSR count). The van der Waals surface area contributed by atoms with E-state index in [-0.39, 0.29) is 18.5 Å². The molecule has 0 bridgehead atoms. The van der Waals surface area contributed by atoms with Crippen LogP contribution in [0.4, 0.5) is 0 Å². The van der Waals surface area contributed by atoms with E-state index < -0.39 is 12.1 Å². The lowest BCUT2D eigenvalue weighted by Gasteiger charge is -2.20. The highest BCUT2D eigenvalue weighted by atomic mass is 16.5. The van der Waals surface area contributed by atoms with Crippen molar-refractivity contribution in [1.29, 1.82) is 0 Å². The van der Waals surface area contributed by atoms with Gasteiger partial charge in [0.05, 0.1) is 25.4 Å². The standard InChI is InChI=1S/C76H143NO5/c1-3-5-7-9-11-13-15-17-19-20-21-22-31-34-37-41-44-48-52-56-60-64-68-74(79)73(72-78)77-75(80)69-65-61-57-53-49-45-42-38-35-32-29-27-25-23-24-26-28-30-33-36-39-43-47-51-55-59-63-67-71-82-76(81)70-66-62-58-54-50-46-40-18-16-14-12-10-8-6-4-2/h12,14,18,23-24,40,64,68,73-74,78-79H,3-11,13,15-17,19-22,25-39,41-63,65-67,69-72H2,1-2H3,(H,77,80)/b14-12-,24-23-,40-18-,68-64+. The first-order valence-electron chi connectivity index (χ1n) is 36.9. The summed E-state index contributed by atoms with van der Waals surface area (Å²) in [6, 6.07) is -0.630. The van der Waals surface area contributed by atoms with Crippen LogP contribution in [-0.2, 0) is 14.3 Å². The molecule has 0 radical (unpaired) electrons. The smallest absolute Gasteiger partial charge is 0.305 e. The number of hydrogen-bond acceptors (Lipinski definition) is 5. The molecule has 0 saturated carbocycles. The van der Waals surface area contributed by atoms with E-state index in [0.29, 0.717) is 19.4 Å². The summed E-state index contributed by atoms with van der Waals surface area (Å²) >= 11 is 0. The van der Waals surface area contributed by atoms with E-state index in [1.807, 2.05) is 6.08 Å². The third kappa shape index (κ3) is 67.0. The number of esters is 1. The molecule has 0 fully saturated rings. The molecule has 6 nitrogen and oxygen atoms in total. The van der Waals surface area contributed by atoms with Gasteiger partial charge in [-0.1, -0.05) is 345 Å². The summed E-state index contributed by atoms with van der Waals surface area (Å²) in [6.07, 6.45) is 93.4. The van der Waals surface area contributed by atoms with E-state index >= 15 is 0 Å². The molecular formula is C76H143NO5. The van der Waals surface area contributed by atoms with Crippen LogP contribution in [0.2, 0.25) is 0 Å². The van der Waals surface area contributed by atoms with Gasteiger partial charge in [0.1, 0.15) is 0 Å².